The van der Waals surface area contributed by atoms with Crippen LogP contribution in [0, 0.1) is 6.42 Å². The van der Waals surface area contributed by atoms with Gasteiger partial charge in [-0.3, -0.25) is 4.79 Å². The van der Waals surface area contributed by atoms with Crippen molar-refractivity contribution < 1.29 is 14.6 Å². The van der Waals surface area contributed by atoms with Crippen molar-refractivity contribution in [3.05, 3.63) is 30.7 Å². The molecule has 0 unspecified atom stereocenters. The van der Waals surface area contributed by atoms with E-state index in [1.165, 1.54) is 18.6 Å². The Labute approximate surface area is 83.3 Å². The lowest BCUT2D eigenvalue weighted by Gasteiger charge is -2.02. The van der Waals surface area contributed by atoms with Gasteiger partial charge in [-0.05, 0) is 30.7 Å². The smallest absolute Gasteiger partial charge is 0.315 e. The van der Waals surface area contributed by atoms with E-state index in [1.54, 1.807) is 12.1 Å². The summed E-state index contributed by atoms with van der Waals surface area (Å²) in [6.45, 7) is 1.99. The van der Waals surface area contributed by atoms with Crippen molar-refractivity contribution in [3.8, 4) is 11.5 Å². The number of esters is 1. The Hall–Kier alpha value is -1.51. The molecule has 3 heteroatoms. The molecule has 0 spiro atoms. The van der Waals surface area contributed by atoms with E-state index >= 15 is 0 Å². The number of phenolic OH excluding ortho intramolecular Hbond substituents is 1. The van der Waals surface area contributed by atoms with Crippen LogP contribution in [-0.2, 0) is 4.79 Å². The van der Waals surface area contributed by atoms with Crippen molar-refractivity contribution in [2.24, 2.45) is 0 Å². The molecule has 1 N–H and O–H groups in total. The summed E-state index contributed by atoms with van der Waals surface area (Å²) in [5, 5.41) is 8.98. The number of benzene rings is 1. The Kier molecular flexibility index (Phi) is 3.98. The summed E-state index contributed by atoms with van der Waals surface area (Å²) in [6.07, 6.45) is 3.15. The Morgan fingerprint density at radius 2 is 2.07 bits per heavy atom. The molecule has 0 aromatic heterocycles. The fourth-order valence-corrected chi connectivity index (χ4v) is 0.934. The molecule has 0 saturated heterocycles. The molecule has 14 heavy (non-hydrogen) atoms. The van der Waals surface area contributed by atoms with Crippen molar-refractivity contribution in [2.75, 3.05) is 0 Å². The van der Waals surface area contributed by atoms with E-state index in [-0.39, 0.29) is 11.7 Å². The summed E-state index contributed by atoms with van der Waals surface area (Å²) in [7, 11) is 0. The molecule has 1 rings (SSSR count). The Bertz CT molecular complexity index is 290. The van der Waals surface area contributed by atoms with Crippen LogP contribution in [0.2, 0.25) is 0 Å². The minimum atomic E-state index is -0.350. The fourth-order valence-electron chi connectivity index (χ4n) is 0.934. The number of unbranched alkanes of at least 4 members (excludes halogenated alkanes) is 1. The fraction of sp³-hybridized carbons (Fsp3) is 0.273. The number of hydrogen-bond donors (Lipinski definition) is 1. The van der Waals surface area contributed by atoms with Crippen molar-refractivity contribution in [3.63, 3.8) is 0 Å². The van der Waals surface area contributed by atoms with Gasteiger partial charge >= 0.3 is 5.97 Å². The molecule has 0 heterocycles. The maximum Gasteiger partial charge on any atom is 0.315 e. The zero-order chi connectivity index (χ0) is 10.4. The lowest BCUT2D eigenvalue weighted by atomic mass is 10.2. The molecule has 0 amide bonds. The van der Waals surface area contributed by atoms with Gasteiger partial charge in [0.1, 0.15) is 11.5 Å². The van der Waals surface area contributed by atoms with Crippen LogP contribution >= 0.6 is 0 Å². The van der Waals surface area contributed by atoms with Gasteiger partial charge in [-0.25, -0.2) is 0 Å². The van der Waals surface area contributed by atoms with Gasteiger partial charge in [-0.1, -0.05) is 13.3 Å². The number of phenols is 1. The van der Waals surface area contributed by atoms with Crippen molar-refractivity contribution in [2.45, 2.75) is 19.8 Å². The first kappa shape index (κ1) is 10.6. The van der Waals surface area contributed by atoms with Gasteiger partial charge in [0.15, 0.2) is 0 Å². The Balaban J connectivity index is 2.44. The molecule has 3 nitrogen and oxygen atoms in total. The zero-order valence-electron chi connectivity index (χ0n) is 8.06. The van der Waals surface area contributed by atoms with Gasteiger partial charge in [0, 0.05) is 0 Å². The number of aromatic hydroxyl groups is 1. The summed E-state index contributed by atoms with van der Waals surface area (Å²) < 4.78 is 4.97. The van der Waals surface area contributed by atoms with E-state index < -0.39 is 0 Å². The van der Waals surface area contributed by atoms with E-state index in [2.05, 4.69) is 0 Å². The van der Waals surface area contributed by atoms with Crippen LogP contribution < -0.4 is 4.74 Å². The predicted octanol–water partition coefficient (Wildman–Crippen LogP) is 2.30. The van der Waals surface area contributed by atoms with Crippen molar-refractivity contribution >= 4 is 5.97 Å². The third kappa shape index (κ3) is 3.47. The Morgan fingerprint density at radius 3 is 2.64 bits per heavy atom. The molecule has 75 valence electrons. The third-order valence-corrected chi connectivity index (χ3v) is 1.65. The van der Waals surface area contributed by atoms with E-state index in [1.807, 2.05) is 6.92 Å². The Morgan fingerprint density at radius 1 is 1.43 bits per heavy atom. The molecule has 1 aromatic carbocycles. The van der Waals surface area contributed by atoms with Crippen LogP contribution in [-0.4, -0.2) is 11.1 Å². The second-order valence-electron chi connectivity index (χ2n) is 2.91. The zero-order valence-corrected chi connectivity index (χ0v) is 8.06. The maximum absolute atomic E-state index is 11.1. The molecule has 0 aliphatic rings. The van der Waals surface area contributed by atoms with E-state index in [4.69, 9.17) is 9.84 Å². The molecular weight excluding hydrogens is 180 g/mol. The molecule has 0 saturated carbocycles. The summed E-state index contributed by atoms with van der Waals surface area (Å²) in [4.78, 5) is 11.1. The van der Waals surface area contributed by atoms with Gasteiger partial charge in [0.25, 0.3) is 0 Å². The maximum atomic E-state index is 11.1. The van der Waals surface area contributed by atoms with Crippen LogP contribution in [0.3, 0.4) is 0 Å². The van der Waals surface area contributed by atoms with E-state index in [0.717, 1.165) is 12.8 Å². The topological polar surface area (TPSA) is 46.5 Å². The van der Waals surface area contributed by atoms with Crippen LogP contribution in [0.4, 0.5) is 0 Å². The number of carbonyl (C=O) groups is 1. The van der Waals surface area contributed by atoms with Crippen LogP contribution in [0.5, 0.6) is 11.5 Å². The standard InChI is InChI=1S/C11H13O3/c1-2-3-4-11(13)14-10-7-5-9(12)6-8-10/h4-8,12H,2-3H2,1H3. The van der Waals surface area contributed by atoms with Gasteiger partial charge in [-0.15, -0.1) is 0 Å². The summed E-state index contributed by atoms with van der Waals surface area (Å²) in [6, 6.07) is 6.05. The van der Waals surface area contributed by atoms with Gasteiger partial charge in [0.2, 0.25) is 0 Å². The molecule has 0 bridgehead atoms. The molecule has 1 aromatic rings. The second-order valence-corrected chi connectivity index (χ2v) is 2.91. The summed E-state index contributed by atoms with van der Waals surface area (Å²) in [5.74, 6) is 0.250. The van der Waals surface area contributed by atoms with Crippen LogP contribution in [0.25, 0.3) is 0 Å². The van der Waals surface area contributed by atoms with Crippen molar-refractivity contribution in [1.82, 2.24) is 0 Å². The average molecular weight is 193 g/mol. The van der Waals surface area contributed by atoms with Gasteiger partial charge < -0.3 is 9.84 Å². The normalized spacial score (nSPS) is 9.79. The quantitative estimate of drug-likeness (QED) is 0.589. The van der Waals surface area contributed by atoms with E-state index in [9.17, 15) is 4.79 Å². The highest BCUT2D eigenvalue weighted by Gasteiger charge is 2.03. The molecule has 1 radical (unpaired) electrons. The number of hydrogen-bond acceptors (Lipinski definition) is 3. The van der Waals surface area contributed by atoms with Crippen LogP contribution in [0.1, 0.15) is 19.8 Å². The monoisotopic (exact) mass is 193 g/mol. The predicted molar refractivity (Wildman–Crippen MR) is 52.9 cm³/mol. The molecule has 0 fully saturated rings. The van der Waals surface area contributed by atoms with Gasteiger partial charge in [-0.2, -0.15) is 0 Å². The molecular formula is C11H13O3. The number of ether oxygens (including phenoxy) is 1. The summed E-state index contributed by atoms with van der Waals surface area (Å²) in [5.41, 5.74) is 0. The first-order chi connectivity index (χ1) is 6.72. The first-order valence-electron chi connectivity index (χ1n) is 4.56. The van der Waals surface area contributed by atoms with E-state index in [0.29, 0.717) is 5.75 Å². The number of carbonyl (C=O) groups excluding carboxylic acids is 1. The average Bonchev–Trinajstić information content (AvgIpc) is 2.18. The SMILES string of the molecule is CCC[CH]C(=O)Oc1ccc(O)cc1. The highest BCUT2D eigenvalue weighted by molar-refractivity contribution is 5.80. The largest absolute Gasteiger partial charge is 0.508 e. The molecule has 0 aliphatic heterocycles. The second kappa shape index (κ2) is 5.27. The van der Waals surface area contributed by atoms with Crippen LogP contribution in [0.15, 0.2) is 24.3 Å². The molecule has 0 atom stereocenters. The first-order valence-corrected chi connectivity index (χ1v) is 4.56. The third-order valence-electron chi connectivity index (χ3n) is 1.65. The number of rotatable bonds is 4. The highest BCUT2D eigenvalue weighted by atomic mass is 16.5. The molecule has 0 aliphatic carbocycles. The summed E-state index contributed by atoms with van der Waals surface area (Å²) >= 11 is 0. The van der Waals surface area contributed by atoms with Gasteiger partial charge in [0.05, 0.1) is 6.42 Å². The van der Waals surface area contributed by atoms with Crippen molar-refractivity contribution in [1.29, 1.82) is 0 Å². The minimum Gasteiger partial charge on any atom is -0.508 e. The lowest BCUT2D eigenvalue weighted by Crippen LogP contribution is -2.07. The minimum absolute atomic E-state index is 0.155. The lowest BCUT2D eigenvalue weighted by molar-refractivity contribution is -0.130. The highest BCUT2D eigenvalue weighted by Crippen LogP contribution is 2.16.